The molecule has 0 bridgehead atoms. The second-order valence-electron chi connectivity index (χ2n) is 7.09. The van der Waals surface area contributed by atoms with Crippen molar-refractivity contribution in [2.75, 3.05) is 20.3 Å². The summed E-state index contributed by atoms with van der Waals surface area (Å²) in [5.74, 6) is -0.455. The summed E-state index contributed by atoms with van der Waals surface area (Å²) < 4.78 is 10.4. The number of esters is 1. The third kappa shape index (κ3) is 4.96. The van der Waals surface area contributed by atoms with Gasteiger partial charge in [-0.25, -0.2) is 9.79 Å². The number of thioether (sulfide) groups is 1. The number of hydrogen-bond acceptors (Lipinski definition) is 8. The SMILES string of the molecule is CCC(C)NC(=O)CC1=CSC2=NC(C)=C(C(=O)OCCOC)C(c3cccs3)N12. The molecule has 30 heavy (non-hydrogen) atoms. The van der Waals surface area contributed by atoms with Crippen LogP contribution in [0.3, 0.4) is 0 Å². The molecule has 0 spiro atoms. The molecule has 162 valence electrons. The number of nitrogens with one attached hydrogen (secondary N) is 1. The number of thiophene rings is 1. The van der Waals surface area contributed by atoms with E-state index >= 15 is 0 Å². The van der Waals surface area contributed by atoms with Crippen molar-refractivity contribution in [1.29, 1.82) is 0 Å². The molecule has 0 saturated carbocycles. The molecule has 2 aliphatic rings. The number of aliphatic imine (C=N–C) groups is 1. The number of rotatable bonds is 9. The minimum atomic E-state index is -0.411. The Kier molecular flexibility index (Phi) is 7.74. The van der Waals surface area contributed by atoms with Crippen LogP contribution in [0.5, 0.6) is 0 Å². The summed E-state index contributed by atoms with van der Waals surface area (Å²) in [5.41, 5.74) is 1.95. The lowest BCUT2D eigenvalue weighted by molar-refractivity contribution is -0.141. The van der Waals surface area contributed by atoms with Crippen LogP contribution in [0.25, 0.3) is 0 Å². The van der Waals surface area contributed by atoms with Gasteiger partial charge in [-0.3, -0.25) is 4.79 Å². The van der Waals surface area contributed by atoms with E-state index < -0.39 is 5.97 Å². The van der Waals surface area contributed by atoms with Crippen molar-refractivity contribution in [2.45, 2.75) is 45.7 Å². The normalized spacial score (nSPS) is 19.2. The Labute approximate surface area is 185 Å². The zero-order valence-corrected chi connectivity index (χ0v) is 19.3. The molecule has 3 rings (SSSR count). The van der Waals surface area contributed by atoms with Crippen LogP contribution in [-0.4, -0.2) is 48.3 Å². The van der Waals surface area contributed by atoms with Gasteiger partial charge in [0.1, 0.15) is 12.6 Å². The molecule has 2 unspecified atom stereocenters. The van der Waals surface area contributed by atoms with Gasteiger partial charge in [0.2, 0.25) is 5.91 Å². The van der Waals surface area contributed by atoms with E-state index in [9.17, 15) is 9.59 Å². The highest BCUT2D eigenvalue weighted by molar-refractivity contribution is 8.16. The molecule has 2 aliphatic heterocycles. The Morgan fingerprint density at radius 1 is 1.37 bits per heavy atom. The van der Waals surface area contributed by atoms with Gasteiger partial charge in [0.15, 0.2) is 5.17 Å². The maximum Gasteiger partial charge on any atom is 0.338 e. The number of hydrogen-bond donors (Lipinski definition) is 1. The number of carbonyl (C=O) groups excluding carboxylic acids is 2. The minimum Gasteiger partial charge on any atom is -0.460 e. The largest absolute Gasteiger partial charge is 0.460 e. The van der Waals surface area contributed by atoms with E-state index in [0.29, 0.717) is 17.9 Å². The highest BCUT2D eigenvalue weighted by Gasteiger charge is 2.41. The van der Waals surface area contributed by atoms with Crippen LogP contribution < -0.4 is 5.32 Å². The molecule has 0 aliphatic carbocycles. The summed E-state index contributed by atoms with van der Waals surface area (Å²) in [6, 6.07) is 3.69. The van der Waals surface area contributed by atoms with Crippen LogP contribution in [0, 0.1) is 0 Å². The molecule has 9 heteroatoms. The first-order valence-electron chi connectivity index (χ1n) is 9.89. The molecule has 7 nitrogen and oxygen atoms in total. The molecule has 1 N–H and O–H groups in total. The smallest absolute Gasteiger partial charge is 0.338 e. The van der Waals surface area contributed by atoms with E-state index in [0.717, 1.165) is 22.2 Å². The van der Waals surface area contributed by atoms with E-state index in [1.165, 1.54) is 11.8 Å². The van der Waals surface area contributed by atoms with Gasteiger partial charge in [0, 0.05) is 23.7 Å². The minimum absolute atomic E-state index is 0.0436. The third-order valence-electron chi connectivity index (χ3n) is 4.92. The summed E-state index contributed by atoms with van der Waals surface area (Å²) >= 11 is 3.04. The molecule has 3 heterocycles. The van der Waals surface area contributed by atoms with Gasteiger partial charge in [-0.15, -0.1) is 11.3 Å². The molecular formula is C21H27N3O4S2. The van der Waals surface area contributed by atoms with E-state index in [4.69, 9.17) is 9.47 Å². The van der Waals surface area contributed by atoms with Crippen molar-refractivity contribution in [2.24, 2.45) is 4.99 Å². The predicted molar refractivity (Wildman–Crippen MR) is 120 cm³/mol. The predicted octanol–water partition coefficient (Wildman–Crippen LogP) is 3.82. The fourth-order valence-electron chi connectivity index (χ4n) is 3.23. The van der Waals surface area contributed by atoms with E-state index in [2.05, 4.69) is 10.3 Å². The molecule has 0 aromatic carbocycles. The Morgan fingerprint density at radius 3 is 2.83 bits per heavy atom. The number of nitrogens with zero attached hydrogens (tertiary/aromatic N) is 2. The number of fused-ring (bicyclic) bond motifs is 1. The number of amidine groups is 1. The fourth-order valence-corrected chi connectivity index (χ4v) is 5.02. The van der Waals surface area contributed by atoms with Crippen LogP contribution in [-0.2, 0) is 19.1 Å². The lowest BCUT2D eigenvalue weighted by Gasteiger charge is -2.35. The highest BCUT2D eigenvalue weighted by Crippen LogP contribution is 2.45. The van der Waals surface area contributed by atoms with E-state index in [1.54, 1.807) is 18.4 Å². The second-order valence-corrected chi connectivity index (χ2v) is 8.91. The van der Waals surface area contributed by atoms with Gasteiger partial charge in [0.05, 0.1) is 24.3 Å². The number of carbonyl (C=O) groups is 2. The lowest BCUT2D eigenvalue weighted by Crippen LogP contribution is -2.38. The third-order valence-corrected chi connectivity index (χ3v) is 6.73. The number of methoxy groups -OCH3 is 1. The highest BCUT2D eigenvalue weighted by atomic mass is 32.2. The first-order chi connectivity index (χ1) is 14.5. The molecular weight excluding hydrogens is 422 g/mol. The first-order valence-corrected chi connectivity index (χ1v) is 11.6. The van der Waals surface area contributed by atoms with Gasteiger partial charge in [-0.2, -0.15) is 0 Å². The van der Waals surface area contributed by atoms with Gasteiger partial charge >= 0.3 is 5.97 Å². The van der Waals surface area contributed by atoms with Crippen LogP contribution in [0.1, 0.15) is 44.5 Å². The second kappa shape index (κ2) is 10.3. The molecule has 1 aromatic heterocycles. The van der Waals surface area contributed by atoms with Gasteiger partial charge in [-0.1, -0.05) is 24.8 Å². The topological polar surface area (TPSA) is 80.2 Å². The van der Waals surface area contributed by atoms with E-state index in [-0.39, 0.29) is 31.0 Å². The van der Waals surface area contributed by atoms with Crippen LogP contribution >= 0.6 is 23.1 Å². The van der Waals surface area contributed by atoms with Crippen molar-refractivity contribution in [1.82, 2.24) is 10.2 Å². The van der Waals surface area contributed by atoms with Crippen LogP contribution in [0.2, 0.25) is 0 Å². The van der Waals surface area contributed by atoms with Gasteiger partial charge < -0.3 is 19.7 Å². The maximum atomic E-state index is 13.0. The maximum absolute atomic E-state index is 13.0. The number of ether oxygens (including phenoxy) is 2. The number of amides is 1. The number of allylic oxidation sites excluding steroid dienone is 1. The average molecular weight is 450 g/mol. The Bertz CT molecular complexity index is 877. The van der Waals surface area contributed by atoms with Crippen molar-refractivity contribution in [3.8, 4) is 0 Å². The molecule has 2 atom stereocenters. The molecule has 0 radical (unpaired) electrons. The van der Waals surface area contributed by atoms with Crippen molar-refractivity contribution < 1.29 is 19.1 Å². The lowest BCUT2D eigenvalue weighted by atomic mass is 9.99. The van der Waals surface area contributed by atoms with E-state index in [1.807, 2.05) is 48.6 Å². The van der Waals surface area contributed by atoms with Crippen LogP contribution in [0.4, 0.5) is 0 Å². The first kappa shape index (κ1) is 22.6. The summed E-state index contributed by atoms with van der Waals surface area (Å²) in [6.07, 6.45) is 1.09. The van der Waals surface area contributed by atoms with Gasteiger partial charge in [0.25, 0.3) is 0 Å². The summed E-state index contributed by atoms with van der Waals surface area (Å²) in [4.78, 5) is 33.1. The Hall–Kier alpha value is -2.10. The van der Waals surface area contributed by atoms with Crippen molar-refractivity contribution >= 4 is 40.1 Å². The molecule has 1 amide bonds. The fraction of sp³-hybridized carbons (Fsp3) is 0.476. The van der Waals surface area contributed by atoms with Crippen LogP contribution in [0.15, 0.2) is 44.9 Å². The average Bonchev–Trinajstić information content (AvgIpc) is 3.37. The summed E-state index contributed by atoms with van der Waals surface area (Å²) in [7, 11) is 1.56. The van der Waals surface area contributed by atoms with Crippen molar-refractivity contribution in [3.05, 3.63) is 44.8 Å². The zero-order chi connectivity index (χ0) is 21.7. The zero-order valence-electron chi connectivity index (χ0n) is 17.6. The monoisotopic (exact) mass is 449 g/mol. The Balaban J connectivity index is 1.89. The Morgan fingerprint density at radius 2 is 2.17 bits per heavy atom. The molecule has 0 fully saturated rings. The molecule has 0 saturated heterocycles. The molecule has 1 aromatic rings. The quantitative estimate of drug-likeness (QED) is 0.456. The van der Waals surface area contributed by atoms with Crippen molar-refractivity contribution in [3.63, 3.8) is 0 Å². The van der Waals surface area contributed by atoms with Gasteiger partial charge in [-0.05, 0) is 37.1 Å². The standard InChI is InChI=1S/C21H27N3O4S2/c1-5-13(2)22-17(25)11-15-12-30-21-23-14(3)18(20(26)28-9-8-27-4)19(24(15)21)16-7-6-10-29-16/h6-7,10,12-13,19H,5,8-9,11H2,1-4H3,(H,22,25). The summed E-state index contributed by atoms with van der Waals surface area (Å²) in [5, 5.41) is 7.70. The summed E-state index contributed by atoms with van der Waals surface area (Å²) in [6.45, 7) is 6.35.